The van der Waals surface area contributed by atoms with E-state index in [1.54, 1.807) is 0 Å². The minimum Gasteiger partial charge on any atom is -0.414 e. The Bertz CT molecular complexity index is 861. The molecule has 0 aromatic rings. The van der Waals surface area contributed by atoms with Crippen LogP contribution in [0.4, 0.5) is 0 Å². The largest absolute Gasteiger partial charge is 0.414 e. The summed E-state index contributed by atoms with van der Waals surface area (Å²) in [7, 11) is -5.41. The van der Waals surface area contributed by atoms with E-state index >= 15 is 0 Å². The Kier molecular flexibility index (Phi) is 10.7. The van der Waals surface area contributed by atoms with E-state index in [4.69, 9.17) is 24.6 Å². The van der Waals surface area contributed by atoms with Gasteiger partial charge in [0.15, 0.2) is 25.0 Å². The van der Waals surface area contributed by atoms with E-state index in [9.17, 15) is 0 Å². The standard InChI is InChI=1S/C33H66O4Si3/c1-15-39(16-2,17-3)36-28-21-25(7)32(12)27(22-28)23-29(37-40(18-4,19-5)20-6)33(30(32)35-33)26(8)24-34-38(13,14)31(9,10)11/h25,27-30H,8,15-24H2,1-7,9-14H3/t25-,27+,28+,29-,30-,32+,33+/m0/s1. The fourth-order valence-corrected chi connectivity index (χ4v) is 14.7. The van der Waals surface area contributed by atoms with Crippen molar-refractivity contribution in [1.82, 2.24) is 0 Å². The summed E-state index contributed by atoms with van der Waals surface area (Å²) < 4.78 is 28.3. The van der Waals surface area contributed by atoms with Crippen molar-refractivity contribution in [2.45, 2.75) is 174 Å². The lowest BCUT2D eigenvalue weighted by atomic mass is 9.52. The summed E-state index contributed by atoms with van der Waals surface area (Å²) in [6, 6.07) is 7.14. The van der Waals surface area contributed by atoms with Crippen molar-refractivity contribution >= 4 is 25.0 Å². The van der Waals surface area contributed by atoms with E-state index in [1.807, 2.05) is 0 Å². The van der Waals surface area contributed by atoms with Crippen LogP contribution < -0.4 is 0 Å². The van der Waals surface area contributed by atoms with E-state index in [2.05, 4.69) is 89.3 Å². The average molecular weight is 611 g/mol. The first-order valence-corrected chi connectivity index (χ1v) is 24.8. The maximum Gasteiger partial charge on any atom is 0.192 e. The SMILES string of the molecule is C=C(CO[Si](C)(C)C(C)(C)C)[C@]12O[C@H]1[C@@]1(C)[C@H](C[C@H](O[Si](CC)(CC)CC)C[C@@H]1C)C[C@@H]2O[Si](CC)(CC)CC. The third-order valence-corrected chi connectivity index (χ3v) is 26.8. The molecule has 0 spiro atoms. The van der Waals surface area contributed by atoms with Crippen molar-refractivity contribution < 1.29 is 18.0 Å². The summed E-state index contributed by atoms with van der Waals surface area (Å²) in [5.74, 6) is 1.09. The number of rotatable bonds is 14. The molecular weight excluding hydrogens is 545 g/mol. The third-order valence-electron chi connectivity index (χ3n) is 12.9. The maximum absolute atomic E-state index is 7.41. The van der Waals surface area contributed by atoms with Gasteiger partial charge in [-0.15, -0.1) is 0 Å². The first-order chi connectivity index (χ1) is 18.5. The molecule has 7 heteroatoms. The summed E-state index contributed by atoms with van der Waals surface area (Å²) in [6.07, 6.45) is 3.98. The molecule has 2 aliphatic carbocycles. The van der Waals surface area contributed by atoms with Gasteiger partial charge in [0, 0.05) is 11.5 Å². The van der Waals surface area contributed by atoms with Crippen LogP contribution in [0.3, 0.4) is 0 Å². The number of hydrogen-bond donors (Lipinski definition) is 0. The summed E-state index contributed by atoms with van der Waals surface area (Å²) >= 11 is 0. The highest BCUT2D eigenvalue weighted by molar-refractivity contribution is 6.74. The first kappa shape index (κ1) is 34.7. The molecule has 1 heterocycles. The number of hydrogen-bond acceptors (Lipinski definition) is 4. The molecule has 0 bridgehead atoms. The molecular formula is C33H66O4Si3. The molecule has 0 aromatic heterocycles. The quantitative estimate of drug-likeness (QED) is 0.111. The van der Waals surface area contributed by atoms with Crippen LogP contribution in [0.15, 0.2) is 12.2 Å². The summed E-state index contributed by atoms with van der Waals surface area (Å²) in [4.78, 5) is 0. The van der Waals surface area contributed by atoms with Gasteiger partial charge in [0.1, 0.15) is 11.7 Å². The Morgan fingerprint density at radius 3 is 1.82 bits per heavy atom. The second kappa shape index (κ2) is 12.3. The minimum absolute atomic E-state index is 0.0779. The molecule has 1 saturated heterocycles. The lowest BCUT2D eigenvalue weighted by Crippen LogP contribution is -2.59. The van der Waals surface area contributed by atoms with Crippen LogP contribution in [-0.4, -0.2) is 55.5 Å². The second-order valence-corrected chi connectivity index (χ2v) is 29.7. The molecule has 7 atom stereocenters. The Morgan fingerprint density at radius 1 is 0.850 bits per heavy atom. The van der Waals surface area contributed by atoms with Gasteiger partial charge >= 0.3 is 0 Å². The average Bonchev–Trinajstić information content (AvgIpc) is 3.69. The van der Waals surface area contributed by atoms with Crippen molar-refractivity contribution in [3.63, 3.8) is 0 Å². The van der Waals surface area contributed by atoms with Gasteiger partial charge in [-0.3, -0.25) is 0 Å². The van der Waals surface area contributed by atoms with Crippen molar-refractivity contribution in [2.24, 2.45) is 17.3 Å². The number of epoxide rings is 1. The van der Waals surface area contributed by atoms with Crippen LogP contribution >= 0.6 is 0 Å². The monoisotopic (exact) mass is 610 g/mol. The van der Waals surface area contributed by atoms with Gasteiger partial charge in [0.25, 0.3) is 0 Å². The van der Waals surface area contributed by atoms with Gasteiger partial charge in [0.05, 0.1) is 12.7 Å². The molecule has 40 heavy (non-hydrogen) atoms. The summed E-state index contributed by atoms with van der Waals surface area (Å²) in [5, 5.41) is 0.171. The molecule has 1 aliphatic heterocycles. The van der Waals surface area contributed by atoms with Gasteiger partial charge in [-0.05, 0) is 91.1 Å². The van der Waals surface area contributed by atoms with E-state index in [-0.39, 0.29) is 22.7 Å². The highest BCUT2D eigenvalue weighted by Gasteiger charge is 2.76. The zero-order valence-corrected chi connectivity index (χ0v) is 31.8. The van der Waals surface area contributed by atoms with Gasteiger partial charge in [-0.1, -0.05) is 82.7 Å². The fourth-order valence-electron chi connectivity index (χ4n) is 7.95. The lowest BCUT2D eigenvalue weighted by molar-refractivity contribution is -0.0669. The highest BCUT2D eigenvalue weighted by atomic mass is 28.4. The predicted molar refractivity (Wildman–Crippen MR) is 179 cm³/mol. The van der Waals surface area contributed by atoms with Crippen LogP contribution in [-0.2, 0) is 18.0 Å². The van der Waals surface area contributed by atoms with Crippen LogP contribution in [0, 0.1) is 17.3 Å². The van der Waals surface area contributed by atoms with Gasteiger partial charge < -0.3 is 18.0 Å². The first-order valence-electron chi connectivity index (χ1n) is 16.9. The Labute approximate surface area is 252 Å². The Balaban J connectivity index is 1.94. The highest BCUT2D eigenvalue weighted by Crippen LogP contribution is 2.68. The smallest absolute Gasteiger partial charge is 0.192 e. The molecule has 2 saturated carbocycles. The zero-order valence-electron chi connectivity index (χ0n) is 28.8. The zero-order chi connectivity index (χ0) is 30.4. The molecule has 0 radical (unpaired) electrons. The molecule has 3 aliphatic rings. The van der Waals surface area contributed by atoms with E-state index in [0.29, 0.717) is 24.5 Å². The van der Waals surface area contributed by atoms with Crippen molar-refractivity contribution in [2.75, 3.05) is 6.61 Å². The second-order valence-electron chi connectivity index (χ2n) is 15.4. The van der Waals surface area contributed by atoms with Gasteiger partial charge in [0.2, 0.25) is 0 Å². The van der Waals surface area contributed by atoms with Crippen LogP contribution in [0.5, 0.6) is 0 Å². The lowest BCUT2D eigenvalue weighted by Gasteiger charge is -2.55. The molecule has 0 unspecified atom stereocenters. The third kappa shape index (κ3) is 5.97. The van der Waals surface area contributed by atoms with Gasteiger partial charge in [-0.25, -0.2) is 0 Å². The number of fused-ring (bicyclic) bond motifs is 3. The van der Waals surface area contributed by atoms with Crippen LogP contribution in [0.25, 0.3) is 0 Å². The predicted octanol–water partition coefficient (Wildman–Crippen LogP) is 9.94. The molecule has 0 N–H and O–H groups in total. The van der Waals surface area contributed by atoms with Gasteiger partial charge in [-0.2, -0.15) is 0 Å². The molecule has 234 valence electrons. The molecule has 4 nitrogen and oxygen atoms in total. The minimum atomic E-state index is -1.91. The molecule has 3 fully saturated rings. The molecule has 0 aromatic carbocycles. The van der Waals surface area contributed by atoms with E-state index < -0.39 is 30.6 Å². The summed E-state index contributed by atoms with van der Waals surface area (Å²) in [5.41, 5.74) is 0.837. The van der Waals surface area contributed by atoms with E-state index in [1.165, 1.54) is 18.1 Å². The Hall–Kier alpha value is 0.231. The van der Waals surface area contributed by atoms with Crippen molar-refractivity contribution in [1.29, 1.82) is 0 Å². The van der Waals surface area contributed by atoms with Crippen LogP contribution in [0.1, 0.15) is 95.4 Å². The molecule has 0 amide bonds. The molecule has 3 rings (SSSR count). The summed E-state index contributed by atoms with van der Waals surface area (Å²) in [6.45, 7) is 36.0. The van der Waals surface area contributed by atoms with Crippen molar-refractivity contribution in [3.8, 4) is 0 Å². The topological polar surface area (TPSA) is 40.2 Å². The normalized spacial score (nSPS) is 34.8. The van der Waals surface area contributed by atoms with Crippen LogP contribution in [0.2, 0.25) is 54.4 Å². The fraction of sp³-hybridized carbons (Fsp3) is 0.939. The van der Waals surface area contributed by atoms with Crippen molar-refractivity contribution in [3.05, 3.63) is 12.2 Å². The number of ether oxygens (including phenoxy) is 1. The Morgan fingerprint density at radius 2 is 1.35 bits per heavy atom. The van der Waals surface area contributed by atoms with E-state index in [0.717, 1.165) is 43.0 Å². The maximum atomic E-state index is 7.41.